The predicted molar refractivity (Wildman–Crippen MR) is 147 cm³/mol. The van der Waals surface area contributed by atoms with Gasteiger partial charge in [0.25, 0.3) is 5.12 Å². The Balaban J connectivity index is 4.87. The molecule has 0 N–H and O–H groups in total. The van der Waals surface area contributed by atoms with Crippen molar-refractivity contribution in [2.75, 3.05) is 19.8 Å². The van der Waals surface area contributed by atoms with Crippen molar-refractivity contribution in [2.24, 2.45) is 0 Å². The molecule has 0 radical (unpaired) electrons. The Kier molecular flexibility index (Phi) is 23.1. The summed E-state index contributed by atoms with van der Waals surface area (Å²) in [6.07, 6.45) is 14.8. The lowest BCUT2D eigenvalue weighted by atomic mass is 10.1. The minimum absolute atomic E-state index is 0.0900. The molecule has 0 aromatic heterocycles. The Morgan fingerprint density at radius 1 is 0.676 bits per heavy atom. The maximum atomic E-state index is 12.6. The molecular formula is C27H54O5SSi. The number of ketones is 1. The summed E-state index contributed by atoms with van der Waals surface area (Å²) < 4.78 is 19.0. The lowest BCUT2D eigenvalue weighted by Gasteiger charge is -2.31. The highest BCUT2D eigenvalue weighted by molar-refractivity contribution is 8.15. The van der Waals surface area contributed by atoms with E-state index in [1.165, 1.54) is 31.0 Å². The standard InChI is InChI=1S/C27H54O5SSi/c1-6-11-15-16-17-18-19-26(28)27(29)33-25(10-5)20-24-34(30-21-12-7-2,31-22-13-8-3)32-23-14-9-4/h25H,6-24H2,1-5H3. The SMILES string of the molecule is CCCCCCCCC(=O)C(=O)SC(CC)CC[Si](OCCCC)(OCCCC)OCCCC. The Morgan fingerprint density at radius 3 is 1.62 bits per heavy atom. The van der Waals surface area contributed by atoms with Crippen LogP contribution in [0.1, 0.15) is 131 Å². The normalized spacial score (nSPS) is 12.7. The van der Waals surface area contributed by atoms with Gasteiger partial charge in [0.15, 0.2) is 0 Å². The monoisotopic (exact) mass is 518 g/mol. The highest BCUT2D eigenvalue weighted by Crippen LogP contribution is 2.28. The van der Waals surface area contributed by atoms with Crippen LogP contribution in [0, 0.1) is 0 Å². The first kappa shape index (κ1) is 33.8. The summed E-state index contributed by atoms with van der Waals surface area (Å²) in [5.41, 5.74) is 0. The molecule has 34 heavy (non-hydrogen) atoms. The lowest BCUT2D eigenvalue weighted by Crippen LogP contribution is -2.47. The van der Waals surface area contributed by atoms with E-state index >= 15 is 0 Å². The van der Waals surface area contributed by atoms with Gasteiger partial charge in [0.2, 0.25) is 5.78 Å². The summed E-state index contributed by atoms with van der Waals surface area (Å²) in [5.74, 6) is -0.222. The first-order chi connectivity index (χ1) is 16.5. The molecule has 0 aliphatic rings. The fourth-order valence-electron chi connectivity index (χ4n) is 3.53. The maximum Gasteiger partial charge on any atom is 0.500 e. The average molecular weight is 519 g/mol. The Bertz CT molecular complexity index is 477. The van der Waals surface area contributed by atoms with Crippen LogP contribution in [0.15, 0.2) is 0 Å². The Hall–Kier alpha value is -0.213. The van der Waals surface area contributed by atoms with Gasteiger partial charge in [-0.15, -0.1) is 0 Å². The second-order valence-corrected chi connectivity index (χ2v) is 13.2. The Labute approximate surface area is 216 Å². The summed E-state index contributed by atoms with van der Waals surface area (Å²) in [7, 11) is -2.81. The fraction of sp³-hybridized carbons (Fsp3) is 0.926. The van der Waals surface area contributed by atoms with Gasteiger partial charge in [-0.1, -0.05) is 97.7 Å². The van der Waals surface area contributed by atoms with Crippen molar-refractivity contribution in [1.29, 1.82) is 0 Å². The predicted octanol–water partition coefficient (Wildman–Crippen LogP) is 8.12. The van der Waals surface area contributed by atoms with Crippen molar-refractivity contribution in [3.63, 3.8) is 0 Å². The zero-order valence-corrected chi connectivity index (χ0v) is 24.8. The van der Waals surface area contributed by atoms with E-state index in [4.69, 9.17) is 13.3 Å². The molecule has 5 nitrogen and oxygen atoms in total. The van der Waals surface area contributed by atoms with E-state index in [9.17, 15) is 9.59 Å². The molecular weight excluding hydrogens is 464 g/mol. The first-order valence-electron chi connectivity index (χ1n) is 14.1. The van der Waals surface area contributed by atoms with Crippen molar-refractivity contribution in [1.82, 2.24) is 0 Å². The molecule has 1 unspecified atom stereocenters. The van der Waals surface area contributed by atoms with Gasteiger partial charge in [-0.25, -0.2) is 0 Å². The molecule has 0 aliphatic heterocycles. The number of unbranched alkanes of at least 4 members (excludes halogenated alkanes) is 8. The summed E-state index contributed by atoms with van der Waals surface area (Å²) >= 11 is 1.22. The molecule has 0 spiro atoms. The fourth-order valence-corrected chi connectivity index (χ4v) is 7.43. The van der Waals surface area contributed by atoms with Crippen LogP contribution < -0.4 is 0 Å². The van der Waals surface area contributed by atoms with Crippen LogP contribution in [0.2, 0.25) is 6.04 Å². The van der Waals surface area contributed by atoms with Gasteiger partial charge in [-0.2, -0.15) is 0 Å². The van der Waals surface area contributed by atoms with Gasteiger partial charge in [-0.3, -0.25) is 9.59 Å². The van der Waals surface area contributed by atoms with Crippen molar-refractivity contribution < 1.29 is 22.9 Å². The number of Topliss-reactive ketones (excluding diaryl/α,β-unsaturated/α-hetero) is 1. The van der Waals surface area contributed by atoms with Gasteiger partial charge < -0.3 is 13.3 Å². The molecule has 0 aromatic rings. The lowest BCUT2D eigenvalue weighted by molar-refractivity contribution is -0.131. The molecule has 0 aromatic carbocycles. The first-order valence-corrected chi connectivity index (χ1v) is 16.9. The number of carbonyl (C=O) groups is 2. The number of thioether (sulfide) groups is 1. The molecule has 0 amide bonds. The summed E-state index contributed by atoms with van der Waals surface area (Å²) in [6.45, 7) is 12.7. The van der Waals surface area contributed by atoms with Crippen LogP contribution in [0.25, 0.3) is 0 Å². The smallest absolute Gasteiger partial charge is 0.373 e. The van der Waals surface area contributed by atoms with Crippen LogP contribution >= 0.6 is 11.8 Å². The van der Waals surface area contributed by atoms with E-state index in [1.54, 1.807) is 0 Å². The topological polar surface area (TPSA) is 61.8 Å². The second-order valence-electron chi connectivity index (χ2n) is 9.20. The average Bonchev–Trinajstić information content (AvgIpc) is 2.84. The zero-order valence-electron chi connectivity index (χ0n) is 23.0. The third kappa shape index (κ3) is 17.3. The highest BCUT2D eigenvalue weighted by atomic mass is 32.2. The van der Waals surface area contributed by atoms with E-state index < -0.39 is 8.80 Å². The van der Waals surface area contributed by atoms with E-state index in [1.807, 2.05) is 0 Å². The van der Waals surface area contributed by atoms with Crippen LogP contribution in [-0.4, -0.2) is 44.8 Å². The maximum absolute atomic E-state index is 12.6. The summed E-state index contributed by atoms with van der Waals surface area (Å²) in [4.78, 5) is 24.9. The quantitative estimate of drug-likeness (QED) is 0.0690. The molecule has 0 bridgehead atoms. The molecule has 1 atom stereocenters. The minimum atomic E-state index is -2.81. The van der Waals surface area contributed by atoms with E-state index in [0.717, 1.165) is 70.6 Å². The van der Waals surface area contributed by atoms with Gasteiger partial charge in [-0.05, 0) is 38.5 Å². The third-order valence-corrected chi connectivity index (χ3v) is 10.1. The van der Waals surface area contributed by atoms with Crippen molar-refractivity contribution in [2.45, 2.75) is 142 Å². The third-order valence-electron chi connectivity index (χ3n) is 5.95. The molecule has 0 saturated carbocycles. The van der Waals surface area contributed by atoms with E-state index in [2.05, 4.69) is 34.6 Å². The molecule has 0 aliphatic carbocycles. The second kappa shape index (κ2) is 23.2. The van der Waals surface area contributed by atoms with Gasteiger partial charge in [0.1, 0.15) is 0 Å². The van der Waals surface area contributed by atoms with Crippen LogP contribution in [0.3, 0.4) is 0 Å². The molecule has 0 fully saturated rings. The number of hydrogen-bond acceptors (Lipinski definition) is 6. The molecule has 7 heteroatoms. The molecule has 202 valence electrons. The van der Waals surface area contributed by atoms with E-state index in [-0.39, 0.29) is 16.1 Å². The van der Waals surface area contributed by atoms with Crippen LogP contribution in [0.4, 0.5) is 0 Å². The molecule has 0 rings (SSSR count). The van der Waals surface area contributed by atoms with Crippen molar-refractivity contribution in [3.8, 4) is 0 Å². The molecule has 0 saturated heterocycles. The van der Waals surface area contributed by atoms with E-state index in [0.29, 0.717) is 32.3 Å². The summed E-state index contributed by atoms with van der Waals surface area (Å²) in [6, 6.07) is 0.703. The van der Waals surface area contributed by atoms with Crippen LogP contribution in [0.5, 0.6) is 0 Å². The molecule has 0 heterocycles. The summed E-state index contributed by atoms with van der Waals surface area (Å²) in [5, 5.41) is -0.189. The van der Waals surface area contributed by atoms with Crippen LogP contribution in [-0.2, 0) is 22.9 Å². The Morgan fingerprint density at radius 2 is 1.15 bits per heavy atom. The highest BCUT2D eigenvalue weighted by Gasteiger charge is 2.41. The van der Waals surface area contributed by atoms with Gasteiger partial charge in [0.05, 0.1) is 0 Å². The van der Waals surface area contributed by atoms with Gasteiger partial charge in [0, 0.05) is 37.5 Å². The van der Waals surface area contributed by atoms with Gasteiger partial charge >= 0.3 is 8.80 Å². The van der Waals surface area contributed by atoms with Crippen molar-refractivity contribution in [3.05, 3.63) is 0 Å². The minimum Gasteiger partial charge on any atom is -0.373 e. The number of hydrogen-bond donors (Lipinski definition) is 0. The number of rotatable bonds is 25. The van der Waals surface area contributed by atoms with Crippen molar-refractivity contribution >= 4 is 31.5 Å². The zero-order chi connectivity index (χ0) is 25.5. The number of carbonyl (C=O) groups excluding carboxylic acids is 2. The largest absolute Gasteiger partial charge is 0.500 e.